The van der Waals surface area contributed by atoms with Gasteiger partial charge in [-0.25, -0.2) is 4.39 Å². The Balaban J connectivity index is 1.62. The van der Waals surface area contributed by atoms with Crippen molar-refractivity contribution in [2.75, 3.05) is 19.6 Å². The molecule has 9 nitrogen and oxygen atoms in total. The highest BCUT2D eigenvalue weighted by Gasteiger charge is 2.30. The van der Waals surface area contributed by atoms with Crippen LogP contribution in [0.4, 0.5) is 4.39 Å². The number of benzene rings is 1. The summed E-state index contributed by atoms with van der Waals surface area (Å²) in [4.78, 5) is 45.7. The number of amides is 2. The topological polar surface area (TPSA) is 117 Å². The van der Waals surface area contributed by atoms with Gasteiger partial charge in [0, 0.05) is 37.8 Å². The van der Waals surface area contributed by atoms with Gasteiger partial charge in [-0.15, -0.1) is 0 Å². The van der Waals surface area contributed by atoms with Crippen LogP contribution in [-0.4, -0.2) is 45.9 Å². The van der Waals surface area contributed by atoms with Crippen LogP contribution in [0, 0.1) is 17.1 Å². The number of pyridine rings is 2. The predicted octanol–water partition coefficient (Wildman–Crippen LogP) is 2.97. The Bertz CT molecular complexity index is 1520. The zero-order chi connectivity index (χ0) is 25.9. The zero-order valence-electron chi connectivity index (χ0n) is 20.0. The Labute approximate surface area is 211 Å². The first-order valence-electron chi connectivity index (χ1n) is 12.1. The maximum absolute atomic E-state index is 13.5. The smallest absolute Gasteiger partial charge is 0.291 e. The van der Waals surface area contributed by atoms with Gasteiger partial charge in [-0.1, -0.05) is 12.1 Å². The Morgan fingerprint density at radius 2 is 1.92 bits per heavy atom. The maximum atomic E-state index is 13.5. The second-order valence-corrected chi connectivity index (χ2v) is 9.00. The van der Waals surface area contributed by atoms with Crippen LogP contribution in [0.1, 0.15) is 47.2 Å². The average molecular weight is 502 g/mol. The number of carbonyl (C=O) groups excluding carboxylic acids is 2. The van der Waals surface area contributed by atoms with Crippen molar-refractivity contribution in [2.45, 2.75) is 32.1 Å². The molecule has 1 fully saturated rings. The van der Waals surface area contributed by atoms with Gasteiger partial charge in [0.25, 0.3) is 17.4 Å². The number of ether oxygens (including phenoxy) is 1. The lowest BCUT2D eigenvalue weighted by atomic mass is 10.0. The zero-order valence-corrected chi connectivity index (χ0v) is 20.0. The van der Waals surface area contributed by atoms with Crippen molar-refractivity contribution in [3.05, 3.63) is 75.1 Å². The molecular weight excluding hydrogens is 477 g/mol. The van der Waals surface area contributed by atoms with Crippen molar-refractivity contribution in [3.8, 4) is 11.8 Å². The molecular formula is C27H24FN5O4. The molecule has 0 saturated carbocycles. The molecule has 0 spiro atoms. The lowest BCUT2D eigenvalue weighted by Gasteiger charge is -2.29. The minimum atomic E-state index is -0.631. The fourth-order valence-electron chi connectivity index (χ4n) is 4.58. The molecule has 2 amide bonds. The van der Waals surface area contributed by atoms with Gasteiger partial charge >= 0.3 is 0 Å². The molecule has 4 heterocycles. The summed E-state index contributed by atoms with van der Waals surface area (Å²) in [5, 5.41) is 11.3. The SMILES string of the molecule is N#CCCNC(=O)c1cc2ncc(Cc3ccc(F)cc3)c3c2n(c1=O)C=C(C(=O)N1CCCCC1)O3. The van der Waals surface area contributed by atoms with Gasteiger partial charge in [-0.3, -0.25) is 23.9 Å². The lowest BCUT2D eigenvalue weighted by molar-refractivity contribution is -0.130. The molecule has 2 aliphatic rings. The Hall–Kier alpha value is -4.52. The molecule has 0 atom stereocenters. The van der Waals surface area contributed by atoms with Crippen molar-refractivity contribution >= 4 is 29.0 Å². The van der Waals surface area contributed by atoms with E-state index in [-0.39, 0.29) is 36.0 Å². The van der Waals surface area contributed by atoms with Gasteiger partial charge in [0.15, 0.2) is 5.75 Å². The Kier molecular flexibility index (Phi) is 6.68. The monoisotopic (exact) mass is 501 g/mol. The normalized spacial score (nSPS) is 14.5. The van der Waals surface area contributed by atoms with Crippen LogP contribution >= 0.6 is 0 Å². The van der Waals surface area contributed by atoms with Crippen LogP contribution < -0.4 is 15.6 Å². The van der Waals surface area contributed by atoms with Gasteiger partial charge in [-0.2, -0.15) is 5.26 Å². The molecule has 0 radical (unpaired) electrons. The first kappa shape index (κ1) is 24.2. The summed E-state index contributed by atoms with van der Waals surface area (Å²) >= 11 is 0. The number of aromatic nitrogens is 2. The number of hydrogen-bond donors (Lipinski definition) is 1. The molecule has 1 saturated heterocycles. The lowest BCUT2D eigenvalue weighted by Crippen LogP contribution is -2.39. The molecule has 10 heteroatoms. The van der Waals surface area contributed by atoms with E-state index in [1.54, 1.807) is 23.2 Å². The summed E-state index contributed by atoms with van der Waals surface area (Å²) in [6.07, 6.45) is 6.14. The minimum absolute atomic E-state index is 0.0219. The molecule has 188 valence electrons. The Morgan fingerprint density at radius 1 is 1.16 bits per heavy atom. The number of nitrogens with zero attached hydrogens (tertiary/aromatic N) is 4. The van der Waals surface area contributed by atoms with E-state index in [9.17, 15) is 18.8 Å². The van der Waals surface area contributed by atoms with Gasteiger partial charge in [0.1, 0.15) is 16.9 Å². The highest BCUT2D eigenvalue weighted by molar-refractivity contribution is 6.01. The minimum Gasteiger partial charge on any atom is -0.447 e. The van der Waals surface area contributed by atoms with Gasteiger partial charge in [0.05, 0.1) is 24.2 Å². The summed E-state index contributed by atoms with van der Waals surface area (Å²) in [5.41, 5.74) is 1.30. The molecule has 0 unspecified atom stereocenters. The summed E-state index contributed by atoms with van der Waals surface area (Å²) in [5.74, 6) is -1.05. The molecule has 37 heavy (non-hydrogen) atoms. The third-order valence-corrected chi connectivity index (χ3v) is 6.47. The molecule has 5 rings (SSSR count). The van der Waals surface area contributed by atoms with E-state index in [0.717, 1.165) is 24.8 Å². The number of carbonyl (C=O) groups is 2. The van der Waals surface area contributed by atoms with Gasteiger partial charge < -0.3 is 15.0 Å². The van der Waals surface area contributed by atoms with E-state index >= 15 is 0 Å². The predicted molar refractivity (Wildman–Crippen MR) is 133 cm³/mol. The van der Waals surface area contributed by atoms with Gasteiger partial charge in [0.2, 0.25) is 5.76 Å². The van der Waals surface area contributed by atoms with E-state index in [1.807, 2.05) is 6.07 Å². The fourth-order valence-corrected chi connectivity index (χ4v) is 4.58. The number of likely N-dealkylation sites (tertiary alicyclic amines) is 1. The highest BCUT2D eigenvalue weighted by Crippen LogP contribution is 2.35. The number of halogens is 1. The van der Waals surface area contributed by atoms with E-state index in [0.29, 0.717) is 41.9 Å². The molecule has 1 N–H and O–H groups in total. The summed E-state index contributed by atoms with van der Waals surface area (Å²) in [6.45, 7) is 1.29. The molecule has 2 aromatic heterocycles. The van der Waals surface area contributed by atoms with Crippen molar-refractivity contribution in [2.24, 2.45) is 0 Å². The van der Waals surface area contributed by atoms with Crippen LogP contribution in [0.15, 0.2) is 47.1 Å². The van der Waals surface area contributed by atoms with Crippen LogP contribution in [0.2, 0.25) is 0 Å². The van der Waals surface area contributed by atoms with Crippen LogP contribution in [0.5, 0.6) is 5.75 Å². The van der Waals surface area contributed by atoms with Crippen molar-refractivity contribution in [1.82, 2.24) is 19.8 Å². The van der Waals surface area contributed by atoms with E-state index in [2.05, 4.69) is 10.3 Å². The average Bonchev–Trinajstić information content (AvgIpc) is 2.92. The van der Waals surface area contributed by atoms with Crippen molar-refractivity contribution < 1.29 is 18.7 Å². The number of nitrogens with one attached hydrogen (secondary N) is 1. The molecule has 1 aromatic carbocycles. The van der Waals surface area contributed by atoms with Gasteiger partial charge in [-0.05, 0) is 43.0 Å². The second-order valence-electron chi connectivity index (χ2n) is 9.00. The van der Waals surface area contributed by atoms with E-state index < -0.39 is 11.5 Å². The number of piperidine rings is 1. The van der Waals surface area contributed by atoms with Crippen LogP contribution in [0.3, 0.4) is 0 Å². The summed E-state index contributed by atoms with van der Waals surface area (Å²) < 4.78 is 20.8. The third-order valence-electron chi connectivity index (χ3n) is 6.47. The summed E-state index contributed by atoms with van der Waals surface area (Å²) in [6, 6.07) is 9.32. The molecule has 0 bridgehead atoms. The third kappa shape index (κ3) is 4.80. The van der Waals surface area contributed by atoms with Crippen molar-refractivity contribution in [3.63, 3.8) is 0 Å². The molecule has 0 aliphatic carbocycles. The standard InChI is InChI=1S/C27H24FN5O4/c28-19-7-5-17(6-8-19)13-18-15-31-21-14-20(25(34)30-10-4-9-29)26(35)33-16-22(37-24(18)23(21)33)27(36)32-11-2-1-3-12-32/h5-8,14-16H,1-4,10-13H2,(H,30,34). The molecule has 3 aromatic rings. The fraction of sp³-hybridized carbons (Fsp3) is 0.296. The first-order valence-corrected chi connectivity index (χ1v) is 12.1. The van der Waals surface area contributed by atoms with E-state index in [1.165, 1.54) is 29.0 Å². The maximum Gasteiger partial charge on any atom is 0.291 e. The molecule has 2 aliphatic heterocycles. The van der Waals surface area contributed by atoms with Crippen LogP contribution in [0.25, 0.3) is 17.2 Å². The quantitative estimate of drug-likeness (QED) is 0.519. The second kappa shape index (κ2) is 10.2. The van der Waals surface area contributed by atoms with E-state index in [4.69, 9.17) is 10.00 Å². The first-order chi connectivity index (χ1) is 18.0. The number of hydrogen-bond acceptors (Lipinski definition) is 6. The largest absolute Gasteiger partial charge is 0.447 e. The van der Waals surface area contributed by atoms with Crippen LogP contribution in [-0.2, 0) is 11.2 Å². The van der Waals surface area contributed by atoms with Crippen molar-refractivity contribution in [1.29, 1.82) is 5.26 Å². The highest BCUT2D eigenvalue weighted by atomic mass is 19.1. The summed E-state index contributed by atoms with van der Waals surface area (Å²) in [7, 11) is 0. The Morgan fingerprint density at radius 3 is 2.65 bits per heavy atom. The number of nitriles is 1. The number of rotatable bonds is 6.